The third kappa shape index (κ3) is 11.0. The molecule has 0 unspecified atom stereocenters. The molecule has 9 aromatic rings. The standard InChI is InChI=1S/2C14H19N7O2.C13H17N7O2.CH3F/c2*1-18-9-15-12-11(18)13(22)21(14(23)19(12)2)7-5-4-6-10-8-16-20(3)17-10;1-18-8-14-11-10(18)12(21)20(13(22)19(11)2)6-4-3-5-9-7-15-17-16-9;1-2/h2*8-9H,4-7H2,1-3H3;7-8H,3-6H2,1-2H3,(H,15,16,17);1H3/i;;;1D. The van der Waals surface area contributed by atoms with Crippen molar-refractivity contribution in [2.75, 3.05) is 7.15 Å². The van der Waals surface area contributed by atoms with Gasteiger partial charge >= 0.3 is 17.1 Å². The molecule has 1 N–H and O–H groups in total. The highest BCUT2D eigenvalue weighted by molar-refractivity contribution is 5.71. The van der Waals surface area contributed by atoms with Gasteiger partial charge in [0.2, 0.25) is 0 Å². The van der Waals surface area contributed by atoms with Gasteiger partial charge in [0.15, 0.2) is 33.5 Å². The summed E-state index contributed by atoms with van der Waals surface area (Å²) in [5.74, 6) is 0. The maximum atomic E-state index is 12.5. The first-order valence-electron chi connectivity index (χ1n) is 22.9. The van der Waals surface area contributed by atoms with Gasteiger partial charge in [0.25, 0.3) is 16.7 Å². The van der Waals surface area contributed by atoms with Crippen molar-refractivity contribution in [1.82, 2.24) is 101 Å². The Balaban J connectivity index is 0.000000169. The van der Waals surface area contributed by atoms with Crippen LogP contribution in [0.2, 0.25) is 0 Å². The Hall–Kier alpha value is -8.20. The average Bonchev–Trinajstić information content (AvgIpc) is 4.23. The summed E-state index contributed by atoms with van der Waals surface area (Å²) in [5, 5.41) is 26.7. The highest BCUT2D eigenvalue weighted by Crippen LogP contribution is 2.08. The van der Waals surface area contributed by atoms with Crippen LogP contribution in [0.15, 0.2) is 66.3 Å². The molecule has 70 heavy (non-hydrogen) atoms. The third-order valence-corrected chi connectivity index (χ3v) is 11.6. The minimum absolute atomic E-state index is 0.289. The Morgan fingerprint density at radius 1 is 0.500 bits per heavy atom. The number of rotatable bonds is 15. The number of H-pyrrole nitrogens is 1. The van der Waals surface area contributed by atoms with E-state index in [0.717, 1.165) is 68.4 Å². The molecule has 0 bridgehead atoms. The number of hydrogen-bond donors (Lipinski definition) is 1. The minimum atomic E-state index is -1.00. The summed E-state index contributed by atoms with van der Waals surface area (Å²) in [7, 11) is 12.7. The lowest BCUT2D eigenvalue weighted by Crippen LogP contribution is -2.39. The molecule has 0 saturated heterocycles. The molecule has 9 heterocycles. The number of halogens is 1. The van der Waals surface area contributed by atoms with Gasteiger partial charge < -0.3 is 13.7 Å². The van der Waals surface area contributed by atoms with E-state index in [4.69, 9.17) is 1.37 Å². The first kappa shape index (κ1) is 49.7. The molecule has 0 aromatic carbocycles. The van der Waals surface area contributed by atoms with Crippen molar-refractivity contribution in [1.29, 1.82) is 0 Å². The van der Waals surface area contributed by atoms with Crippen LogP contribution in [0.3, 0.4) is 0 Å². The van der Waals surface area contributed by atoms with Crippen LogP contribution in [-0.2, 0) is 95.3 Å². The van der Waals surface area contributed by atoms with Crippen molar-refractivity contribution in [3.63, 3.8) is 0 Å². The quantitative estimate of drug-likeness (QED) is 0.125. The van der Waals surface area contributed by atoms with Crippen molar-refractivity contribution in [3.8, 4) is 0 Å². The molecule has 27 nitrogen and oxygen atoms in total. The summed E-state index contributed by atoms with van der Waals surface area (Å²) in [6, 6.07) is 0. The molecular formula is C42H58FN21O6. The molecule has 0 aliphatic heterocycles. The lowest BCUT2D eigenvalue weighted by atomic mass is 10.2. The van der Waals surface area contributed by atoms with Gasteiger partial charge in [0, 0.05) is 76.0 Å². The highest BCUT2D eigenvalue weighted by Gasteiger charge is 2.17. The van der Waals surface area contributed by atoms with E-state index in [-0.39, 0.29) is 33.7 Å². The number of alkyl halides is 1. The van der Waals surface area contributed by atoms with Crippen molar-refractivity contribution in [3.05, 3.63) is 117 Å². The Morgan fingerprint density at radius 3 is 1.11 bits per heavy atom. The molecule has 0 aliphatic carbocycles. The molecule has 28 heteroatoms. The summed E-state index contributed by atoms with van der Waals surface area (Å²) in [5.41, 5.74) is 3.41. The zero-order chi connectivity index (χ0) is 51.5. The second-order valence-electron chi connectivity index (χ2n) is 16.5. The molecule has 0 spiro atoms. The van der Waals surface area contributed by atoms with E-state index in [2.05, 4.69) is 50.8 Å². The first-order valence-corrected chi connectivity index (χ1v) is 22.2. The summed E-state index contributed by atoms with van der Waals surface area (Å²) in [6.45, 7) is 1.14. The normalized spacial score (nSPS) is 11.4. The fourth-order valence-electron chi connectivity index (χ4n) is 7.86. The third-order valence-electron chi connectivity index (χ3n) is 11.6. The number of aromatic nitrogens is 21. The predicted octanol–water partition coefficient (Wildman–Crippen LogP) is -0.669. The monoisotopic (exact) mass is 972 g/mol. The summed E-state index contributed by atoms with van der Waals surface area (Å²) >= 11 is 0. The average molecular weight is 973 g/mol. The van der Waals surface area contributed by atoms with Crippen molar-refractivity contribution in [2.45, 2.75) is 77.4 Å². The number of imidazole rings is 3. The Labute approximate surface area is 398 Å². The second-order valence-corrected chi connectivity index (χ2v) is 16.5. The van der Waals surface area contributed by atoms with Gasteiger partial charge in [-0.2, -0.15) is 45.4 Å². The highest BCUT2D eigenvalue weighted by atomic mass is 19.1. The van der Waals surface area contributed by atoms with Crippen LogP contribution in [0.25, 0.3) is 33.5 Å². The van der Waals surface area contributed by atoms with Crippen LogP contribution in [0.1, 0.15) is 57.0 Å². The second kappa shape index (κ2) is 22.7. The molecular weight excluding hydrogens is 914 g/mol. The molecule has 0 aliphatic rings. The van der Waals surface area contributed by atoms with Crippen LogP contribution >= 0.6 is 0 Å². The SMILES string of the molecule is Cn1cnc2c1c(=O)n(CCCCc1cn[nH]n1)c(=O)n2C.Cn1ncc(CCCCn2c(=O)c3c(ncn3C)n(C)c2=O)n1.Cn1ncc(CCCCn2c(=O)c3c(ncn3C)n(C)c2=O)n1.[2H]CF. The number of unbranched alkanes of at least 4 members (excludes halogenated alkanes) is 3. The van der Waals surface area contributed by atoms with E-state index in [1.165, 1.54) is 37.0 Å². The fourth-order valence-corrected chi connectivity index (χ4v) is 7.86. The number of fused-ring (bicyclic) bond motifs is 3. The summed E-state index contributed by atoms with van der Waals surface area (Å²) in [4.78, 5) is 89.8. The number of nitrogens with zero attached hydrogens (tertiary/aromatic N) is 20. The first-order chi connectivity index (χ1) is 34.0. The molecule has 9 rings (SSSR count). The van der Waals surface area contributed by atoms with Gasteiger partial charge in [-0.25, -0.2) is 29.3 Å². The van der Waals surface area contributed by atoms with Crippen LogP contribution in [0.5, 0.6) is 0 Å². The van der Waals surface area contributed by atoms with E-state index in [1.807, 2.05) is 0 Å². The molecule has 9 aromatic heterocycles. The van der Waals surface area contributed by atoms with Gasteiger partial charge in [0.1, 0.15) is 0 Å². The van der Waals surface area contributed by atoms with Crippen LogP contribution in [-0.4, -0.2) is 109 Å². The summed E-state index contributed by atoms with van der Waals surface area (Å²) < 4.78 is 28.5. The predicted molar refractivity (Wildman–Crippen MR) is 255 cm³/mol. The van der Waals surface area contributed by atoms with Crippen molar-refractivity contribution < 1.29 is 5.76 Å². The minimum Gasteiger partial charge on any atom is -0.328 e. The number of nitrogens with one attached hydrogen (secondary N) is 1. The van der Waals surface area contributed by atoms with E-state index in [9.17, 15) is 33.2 Å². The van der Waals surface area contributed by atoms with Crippen molar-refractivity contribution >= 4 is 33.5 Å². The number of aryl methyl sites for hydroxylation is 11. The largest absolute Gasteiger partial charge is 0.332 e. The molecule has 0 fully saturated rings. The Morgan fingerprint density at radius 2 is 0.829 bits per heavy atom. The fraction of sp³-hybridized carbons (Fsp3) is 0.500. The maximum Gasteiger partial charge on any atom is 0.332 e. The molecule has 374 valence electrons. The van der Waals surface area contributed by atoms with E-state index < -0.39 is 7.15 Å². The lowest BCUT2D eigenvalue weighted by Gasteiger charge is -2.08. The molecule has 0 atom stereocenters. The van der Waals surface area contributed by atoms with Crippen molar-refractivity contribution in [2.24, 2.45) is 56.4 Å². The van der Waals surface area contributed by atoms with Crippen LogP contribution < -0.4 is 33.7 Å². The Kier molecular flexibility index (Phi) is 16.1. The van der Waals surface area contributed by atoms with E-state index in [0.29, 0.717) is 59.5 Å². The maximum absolute atomic E-state index is 12.5. The van der Waals surface area contributed by atoms with Gasteiger partial charge in [-0.05, 0) is 57.8 Å². The van der Waals surface area contributed by atoms with Gasteiger partial charge in [-0.15, -0.1) is 0 Å². The lowest BCUT2D eigenvalue weighted by molar-refractivity contribution is 0.549. The van der Waals surface area contributed by atoms with E-state index in [1.54, 1.807) is 108 Å². The smallest absolute Gasteiger partial charge is 0.328 e. The molecule has 0 radical (unpaired) electrons. The molecule has 0 amide bonds. The zero-order valence-electron chi connectivity index (χ0n) is 41.4. The Bertz CT molecular complexity index is 3440. The van der Waals surface area contributed by atoms with Gasteiger partial charge in [-0.3, -0.25) is 46.2 Å². The topological polar surface area (TPSA) is 288 Å². The van der Waals surface area contributed by atoms with Gasteiger partial charge in [0.05, 0.1) is 63.2 Å². The zero-order valence-corrected chi connectivity index (χ0v) is 40.4. The number of aromatic amines is 1. The van der Waals surface area contributed by atoms with Gasteiger partial charge in [-0.1, -0.05) is 0 Å². The van der Waals surface area contributed by atoms with E-state index >= 15 is 0 Å². The summed E-state index contributed by atoms with van der Waals surface area (Å²) in [6.07, 6.45) is 16.7. The molecule has 0 saturated carbocycles. The number of hydrogen-bond acceptors (Lipinski definition) is 15. The van der Waals surface area contributed by atoms with Crippen LogP contribution in [0, 0.1) is 0 Å². The van der Waals surface area contributed by atoms with Crippen LogP contribution in [0.4, 0.5) is 4.39 Å².